The van der Waals surface area contributed by atoms with E-state index in [1.807, 2.05) is 13.8 Å². The largest absolute Gasteiger partial charge is 0.393 e. The molecule has 3 heteroatoms. The van der Waals surface area contributed by atoms with Crippen LogP contribution in [-0.2, 0) is 4.79 Å². The fourth-order valence-corrected chi connectivity index (χ4v) is 8.46. The normalized spacial score (nSPS) is 44.7. The third-order valence-corrected chi connectivity index (χ3v) is 10.0. The molecular formula is C27H44O3. The number of ketones is 1. The summed E-state index contributed by atoms with van der Waals surface area (Å²) in [5.41, 5.74) is 1.27. The molecule has 0 saturated heterocycles. The van der Waals surface area contributed by atoms with Crippen molar-refractivity contribution in [3.8, 4) is 0 Å². The number of hydrogen-bond donors (Lipinski definition) is 2. The van der Waals surface area contributed by atoms with Crippen LogP contribution in [0.1, 0.15) is 98.8 Å². The van der Waals surface area contributed by atoms with Crippen molar-refractivity contribution in [3.63, 3.8) is 0 Å². The van der Waals surface area contributed by atoms with Crippen molar-refractivity contribution in [1.29, 1.82) is 0 Å². The fourth-order valence-electron chi connectivity index (χ4n) is 8.46. The molecule has 3 nitrogen and oxygen atoms in total. The summed E-state index contributed by atoms with van der Waals surface area (Å²) in [5, 5.41) is 20.3. The predicted octanol–water partition coefficient (Wildman–Crippen LogP) is 5.68. The summed E-state index contributed by atoms with van der Waals surface area (Å²) >= 11 is 0. The highest BCUT2D eigenvalue weighted by molar-refractivity contribution is 5.85. The van der Waals surface area contributed by atoms with Gasteiger partial charge in [-0.15, -0.1) is 0 Å². The van der Waals surface area contributed by atoms with Gasteiger partial charge in [-0.2, -0.15) is 0 Å². The van der Waals surface area contributed by atoms with Crippen molar-refractivity contribution in [2.75, 3.05) is 0 Å². The van der Waals surface area contributed by atoms with E-state index in [0.717, 1.165) is 51.4 Å². The van der Waals surface area contributed by atoms with Crippen LogP contribution in [0.4, 0.5) is 0 Å². The molecule has 3 fully saturated rings. The molecule has 170 valence electrons. The average molecular weight is 417 g/mol. The summed E-state index contributed by atoms with van der Waals surface area (Å²) in [5.74, 6) is 2.94. The van der Waals surface area contributed by atoms with E-state index in [0.29, 0.717) is 29.5 Å². The third-order valence-electron chi connectivity index (χ3n) is 10.0. The number of carbonyl (C=O) groups excluding carboxylic acids is 1. The first-order valence-corrected chi connectivity index (χ1v) is 12.6. The van der Waals surface area contributed by atoms with E-state index in [2.05, 4.69) is 26.8 Å². The van der Waals surface area contributed by atoms with Crippen LogP contribution in [0.3, 0.4) is 0 Å². The molecule has 0 aromatic heterocycles. The zero-order valence-corrected chi connectivity index (χ0v) is 19.9. The smallest absolute Gasteiger partial charge is 0.137 e. The Bertz CT molecular complexity index is 703. The second-order valence-corrected chi connectivity index (χ2v) is 12.5. The maximum Gasteiger partial charge on any atom is 0.137 e. The second kappa shape index (κ2) is 7.73. The molecule has 4 rings (SSSR count). The van der Waals surface area contributed by atoms with Crippen molar-refractivity contribution >= 4 is 5.78 Å². The number of Topliss-reactive ketones (excluding diaryl/α,β-unsaturated/α-hetero) is 1. The Morgan fingerprint density at radius 2 is 1.90 bits per heavy atom. The fraction of sp³-hybridized carbons (Fsp3) is 0.889. The number of aliphatic hydroxyl groups is 2. The van der Waals surface area contributed by atoms with Crippen molar-refractivity contribution in [2.45, 2.75) is 111 Å². The van der Waals surface area contributed by atoms with Gasteiger partial charge in [0, 0.05) is 12.3 Å². The Labute approximate surface area is 183 Å². The van der Waals surface area contributed by atoms with Gasteiger partial charge >= 0.3 is 0 Å². The molecule has 0 aliphatic heterocycles. The second-order valence-electron chi connectivity index (χ2n) is 12.5. The highest BCUT2D eigenvalue weighted by Crippen LogP contribution is 2.66. The van der Waals surface area contributed by atoms with Gasteiger partial charge in [0.05, 0.1) is 11.7 Å². The van der Waals surface area contributed by atoms with Crippen LogP contribution in [0.15, 0.2) is 11.6 Å². The summed E-state index contributed by atoms with van der Waals surface area (Å²) in [6, 6.07) is 0. The van der Waals surface area contributed by atoms with Gasteiger partial charge in [0.25, 0.3) is 0 Å². The topological polar surface area (TPSA) is 57.5 Å². The zero-order chi connectivity index (χ0) is 21.9. The molecule has 8 atom stereocenters. The Morgan fingerprint density at radius 1 is 1.17 bits per heavy atom. The number of aliphatic hydroxyl groups excluding tert-OH is 1. The quantitative estimate of drug-likeness (QED) is 0.567. The Kier molecular flexibility index (Phi) is 5.80. The van der Waals surface area contributed by atoms with E-state index in [1.54, 1.807) is 0 Å². The van der Waals surface area contributed by atoms with Gasteiger partial charge in [0.2, 0.25) is 0 Å². The number of rotatable bonds is 5. The van der Waals surface area contributed by atoms with Crippen LogP contribution in [0.25, 0.3) is 0 Å². The van der Waals surface area contributed by atoms with Crippen LogP contribution in [0.2, 0.25) is 0 Å². The van der Waals surface area contributed by atoms with Crippen molar-refractivity contribution in [3.05, 3.63) is 11.6 Å². The SMILES string of the molecule is C[C@H](CCCC(C)(C)O)[C@H]1C(=O)C[C@H]2[C@@H]3CC=C4C[C@@H](O)CC[C@]4(C)[C@H]3CC[C@]12C. The van der Waals surface area contributed by atoms with Crippen molar-refractivity contribution in [2.24, 2.45) is 40.4 Å². The Morgan fingerprint density at radius 3 is 2.60 bits per heavy atom. The van der Waals surface area contributed by atoms with Crippen LogP contribution >= 0.6 is 0 Å². The lowest BCUT2D eigenvalue weighted by Gasteiger charge is -2.58. The van der Waals surface area contributed by atoms with Gasteiger partial charge in [-0.3, -0.25) is 4.79 Å². The van der Waals surface area contributed by atoms with Crippen molar-refractivity contribution in [1.82, 2.24) is 0 Å². The number of allylic oxidation sites excluding steroid dienone is 1. The maximum atomic E-state index is 13.3. The standard InChI is InChI=1S/C27H44O3/c1-17(7-6-12-25(2,3)30)24-23(29)16-22-20-9-8-18-15-19(28)10-13-26(18,4)21(20)11-14-27(22,24)5/h8,17,19-22,24,28,30H,6-7,9-16H2,1-5H3/t17-,19+,20-,21+,22+,24+,26+,27+/m1/s1. The van der Waals surface area contributed by atoms with Crippen molar-refractivity contribution < 1.29 is 15.0 Å². The molecule has 4 aliphatic carbocycles. The van der Waals surface area contributed by atoms with E-state index in [1.165, 1.54) is 18.4 Å². The highest BCUT2D eigenvalue weighted by Gasteiger charge is 2.61. The lowest BCUT2D eigenvalue weighted by Crippen LogP contribution is -2.51. The van der Waals surface area contributed by atoms with E-state index >= 15 is 0 Å². The predicted molar refractivity (Wildman–Crippen MR) is 121 cm³/mol. The van der Waals surface area contributed by atoms with Crippen LogP contribution in [0, 0.1) is 40.4 Å². The molecule has 0 amide bonds. The molecule has 2 N–H and O–H groups in total. The van der Waals surface area contributed by atoms with Gasteiger partial charge in [0.1, 0.15) is 5.78 Å². The van der Waals surface area contributed by atoms with E-state index in [-0.39, 0.29) is 22.9 Å². The molecule has 0 aromatic rings. The average Bonchev–Trinajstić information content (AvgIpc) is 2.91. The van der Waals surface area contributed by atoms with Crippen LogP contribution in [0.5, 0.6) is 0 Å². The van der Waals surface area contributed by atoms with Crippen LogP contribution < -0.4 is 0 Å². The van der Waals surface area contributed by atoms with E-state index < -0.39 is 5.60 Å². The molecule has 0 aromatic carbocycles. The number of hydrogen-bond acceptors (Lipinski definition) is 3. The molecule has 30 heavy (non-hydrogen) atoms. The molecule has 3 saturated carbocycles. The Hall–Kier alpha value is -0.670. The summed E-state index contributed by atoms with van der Waals surface area (Å²) in [6.45, 7) is 10.9. The van der Waals surface area contributed by atoms with Gasteiger partial charge in [-0.25, -0.2) is 0 Å². The minimum Gasteiger partial charge on any atom is -0.393 e. The highest BCUT2D eigenvalue weighted by atomic mass is 16.3. The number of fused-ring (bicyclic) bond motifs is 5. The molecular weight excluding hydrogens is 372 g/mol. The van der Waals surface area contributed by atoms with E-state index in [4.69, 9.17) is 0 Å². The minimum absolute atomic E-state index is 0.141. The minimum atomic E-state index is -0.612. The first kappa shape index (κ1) is 22.5. The molecule has 0 bridgehead atoms. The third kappa shape index (κ3) is 3.72. The first-order valence-electron chi connectivity index (χ1n) is 12.6. The molecule has 4 aliphatic rings. The molecule has 0 spiro atoms. The van der Waals surface area contributed by atoms with Gasteiger partial charge < -0.3 is 10.2 Å². The van der Waals surface area contributed by atoms with Gasteiger partial charge in [-0.1, -0.05) is 38.8 Å². The lowest BCUT2D eigenvalue weighted by atomic mass is 9.47. The molecule has 0 radical (unpaired) electrons. The maximum absolute atomic E-state index is 13.3. The first-order chi connectivity index (χ1) is 14.0. The Balaban J connectivity index is 1.52. The summed E-state index contributed by atoms with van der Waals surface area (Å²) in [7, 11) is 0. The van der Waals surface area contributed by atoms with Gasteiger partial charge in [-0.05, 0) is 99.7 Å². The zero-order valence-electron chi connectivity index (χ0n) is 19.9. The monoisotopic (exact) mass is 416 g/mol. The summed E-state index contributed by atoms with van der Waals surface area (Å²) < 4.78 is 0. The number of carbonyl (C=O) groups is 1. The molecule has 0 heterocycles. The van der Waals surface area contributed by atoms with Gasteiger partial charge in [0.15, 0.2) is 0 Å². The van der Waals surface area contributed by atoms with Crippen LogP contribution in [-0.4, -0.2) is 27.7 Å². The summed E-state index contributed by atoms with van der Waals surface area (Å²) in [6.07, 6.45) is 12.3. The lowest BCUT2D eigenvalue weighted by molar-refractivity contribution is -0.124. The molecule has 0 unspecified atom stereocenters. The summed E-state index contributed by atoms with van der Waals surface area (Å²) in [4.78, 5) is 13.3. The van der Waals surface area contributed by atoms with E-state index in [9.17, 15) is 15.0 Å².